The number of nitrogens with two attached hydrogens (primary N) is 1. The van der Waals surface area contributed by atoms with Gasteiger partial charge in [0.15, 0.2) is 11.5 Å². The van der Waals surface area contributed by atoms with Crippen LogP contribution in [0.3, 0.4) is 0 Å². The van der Waals surface area contributed by atoms with Gasteiger partial charge in [0.05, 0.1) is 18.7 Å². The lowest BCUT2D eigenvalue weighted by molar-refractivity contribution is 0.331. The summed E-state index contributed by atoms with van der Waals surface area (Å²) in [5.41, 5.74) is 7.23. The Morgan fingerprint density at radius 2 is 1.91 bits per heavy atom. The zero-order valence-corrected chi connectivity index (χ0v) is 18.7. The predicted octanol–water partition coefficient (Wildman–Crippen LogP) is 3.46. The number of anilines is 2. The average Bonchev–Trinajstić information content (AvgIpc) is 3.15. The summed E-state index contributed by atoms with van der Waals surface area (Å²) in [6.45, 7) is 2.23. The number of methoxy groups -OCH3 is 1. The van der Waals surface area contributed by atoms with Gasteiger partial charge >= 0.3 is 0 Å². The second kappa shape index (κ2) is 8.52. The molecule has 166 valence electrons. The maximum atomic E-state index is 12.8. The van der Waals surface area contributed by atoms with Crippen molar-refractivity contribution in [1.82, 2.24) is 20.2 Å². The number of nitrogen functional groups attached to an aromatic ring is 1. The first-order valence-electron chi connectivity index (χ1n) is 9.43. The van der Waals surface area contributed by atoms with Gasteiger partial charge in [0, 0.05) is 17.3 Å². The summed E-state index contributed by atoms with van der Waals surface area (Å²) in [6, 6.07) is 10.9. The lowest BCUT2D eigenvalue weighted by Crippen LogP contribution is -2.13. The van der Waals surface area contributed by atoms with Crippen molar-refractivity contribution >= 4 is 44.2 Å². The van der Waals surface area contributed by atoms with Crippen LogP contribution in [0.1, 0.15) is 6.92 Å². The molecule has 0 bridgehead atoms. The molecule has 12 heteroatoms. The molecule has 2 aromatic heterocycles. The lowest BCUT2D eigenvalue weighted by atomic mass is 10.2. The molecule has 0 saturated heterocycles. The van der Waals surface area contributed by atoms with E-state index < -0.39 is 10.0 Å². The second-order valence-electron chi connectivity index (χ2n) is 6.60. The van der Waals surface area contributed by atoms with Crippen LogP contribution in [-0.4, -0.2) is 42.3 Å². The Labute approximate surface area is 188 Å². The molecular weight excluding hydrogens is 456 g/mol. The molecule has 0 atom stereocenters. The van der Waals surface area contributed by atoms with Crippen molar-refractivity contribution in [1.29, 1.82) is 0 Å². The predicted molar refractivity (Wildman–Crippen MR) is 122 cm³/mol. The summed E-state index contributed by atoms with van der Waals surface area (Å²) in [5, 5.41) is 7.33. The van der Waals surface area contributed by atoms with Crippen molar-refractivity contribution in [3.63, 3.8) is 0 Å². The molecule has 10 nitrogen and oxygen atoms in total. The maximum absolute atomic E-state index is 12.8. The molecule has 0 aliphatic rings. The van der Waals surface area contributed by atoms with Gasteiger partial charge in [0.1, 0.15) is 21.8 Å². The number of fused-ring (bicyclic) bond motifs is 1. The highest BCUT2D eigenvalue weighted by Crippen LogP contribution is 2.31. The topological polar surface area (TPSA) is 145 Å². The smallest absolute Gasteiger partial charge is 0.263 e. The highest BCUT2D eigenvalue weighted by Gasteiger charge is 2.20. The normalized spacial score (nSPS) is 11.5. The van der Waals surface area contributed by atoms with Crippen LogP contribution in [-0.2, 0) is 10.0 Å². The van der Waals surface area contributed by atoms with Crippen molar-refractivity contribution in [2.24, 2.45) is 0 Å². The fourth-order valence-corrected chi connectivity index (χ4v) is 4.57. The van der Waals surface area contributed by atoms with E-state index in [4.69, 9.17) is 26.8 Å². The minimum atomic E-state index is -3.94. The SMILES string of the molecule is CCOc1nc(-c2ccc(NS(=O)(=O)c3cc(OC)ccc3Cl)cc2)nc2n[nH]c(N)c12. The van der Waals surface area contributed by atoms with Crippen LogP contribution in [0.2, 0.25) is 5.02 Å². The number of hydrogen-bond donors (Lipinski definition) is 3. The van der Waals surface area contributed by atoms with Gasteiger partial charge in [-0.1, -0.05) is 11.6 Å². The van der Waals surface area contributed by atoms with Crippen molar-refractivity contribution < 1.29 is 17.9 Å². The van der Waals surface area contributed by atoms with Crippen LogP contribution in [0, 0.1) is 0 Å². The average molecular weight is 475 g/mol. The van der Waals surface area contributed by atoms with Gasteiger partial charge in [0.25, 0.3) is 10.0 Å². The third-order valence-electron chi connectivity index (χ3n) is 4.51. The lowest BCUT2D eigenvalue weighted by Gasteiger charge is -2.11. The van der Waals surface area contributed by atoms with E-state index >= 15 is 0 Å². The van der Waals surface area contributed by atoms with Gasteiger partial charge in [-0.2, -0.15) is 10.1 Å². The van der Waals surface area contributed by atoms with E-state index in [1.165, 1.54) is 19.2 Å². The molecule has 32 heavy (non-hydrogen) atoms. The van der Waals surface area contributed by atoms with E-state index in [-0.39, 0.29) is 9.92 Å². The summed E-state index contributed by atoms with van der Waals surface area (Å²) in [4.78, 5) is 8.75. The highest BCUT2D eigenvalue weighted by molar-refractivity contribution is 7.92. The molecule has 0 unspecified atom stereocenters. The Hall–Kier alpha value is -3.57. The standard InChI is InChI=1S/C20H19ClN6O4S/c1-3-31-20-16-17(22)25-26-19(16)23-18(24-20)11-4-6-12(7-5-11)27-32(28,29)15-10-13(30-2)8-9-14(15)21/h4-10,27H,3H2,1-2H3,(H3,22,23,24,25,26). The molecule has 2 heterocycles. The largest absolute Gasteiger partial charge is 0.497 e. The quantitative estimate of drug-likeness (QED) is 0.369. The van der Waals surface area contributed by atoms with E-state index in [9.17, 15) is 8.42 Å². The number of nitrogens with zero attached hydrogens (tertiary/aromatic N) is 3. The van der Waals surface area contributed by atoms with Gasteiger partial charge in [-0.25, -0.2) is 13.4 Å². The molecule has 0 amide bonds. The summed E-state index contributed by atoms with van der Waals surface area (Å²) in [6.07, 6.45) is 0. The summed E-state index contributed by atoms with van der Waals surface area (Å²) in [5.74, 6) is 1.37. The van der Waals surface area contributed by atoms with Crippen LogP contribution in [0.25, 0.3) is 22.4 Å². The number of aromatic nitrogens is 4. The molecule has 0 radical (unpaired) electrons. The van der Waals surface area contributed by atoms with Crippen LogP contribution >= 0.6 is 11.6 Å². The summed E-state index contributed by atoms with van der Waals surface area (Å²) >= 11 is 6.08. The Morgan fingerprint density at radius 3 is 2.59 bits per heavy atom. The first kappa shape index (κ1) is 21.7. The number of rotatable bonds is 7. The number of halogens is 1. The van der Waals surface area contributed by atoms with Gasteiger partial charge in [-0.3, -0.25) is 9.82 Å². The number of hydrogen-bond acceptors (Lipinski definition) is 8. The van der Waals surface area contributed by atoms with E-state index in [1.54, 1.807) is 30.3 Å². The van der Waals surface area contributed by atoms with Crippen LogP contribution in [0.5, 0.6) is 11.6 Å². The molecule has 0 spiro atoms. The fourth-order valence-electron chi connectivity index (χ4n) is 3.00. The number of benzene rings is 2. The molecule has 4 N–H and O–H groups in total. The molecule has 4 rings (SSSR count). The van der Waals surface area contributed by atoms with Crippen LogP contribution in [0.4, 0.5) is 11.5 Å². The van der Waals surface area contributed by atoms with Crippen LogP contribution in [0.15, 0.2) is 47.4 Å². The molecule has 2 aromatic carbocycles. The van der Waals surface area contributed by atoms with E-state index in [2.05, 4.69) is 24.9 Å². The van der Waals surface area contributed by atoms with Gasteiger partial charge in [-0.05, 0) is 43.3 Å². The molecule has 0 aliphatic heterocycles. The Morgan fingerprint density at radius 1 is 1.16 bits per heavy atom. The third-order valence-corrected chi connectivity index (χ3v) is 6.38. The van der Waals surface area contributed by atoms with Crippen LogP contribution < -0.4 is 19.9 Å². The minimum absolute atomic E-state index is 0.0818. The van der Waals surface area contributed by atoms with Crippen molar-refractivity contribution in [2.75, 3.05) is 24.2 Å². The zero-order valence-electron chi connectivity index (χ0n) is 17.1. The number of nitrogens with one attached hydrogen (secondary N) is 2. The van der Waals surface area contributed by atoms with Crippen molar-refractivity contribution in [3.05, 3.63) is 47.5 Å². The van der Waals surface area contributed by atoms with Gasteiger partial charge < -0.3 is 15.2 Å². The molecular formula is C20H19ClN6O4S. The van der Waals surface area contributed by atoms with Gasteiger partial charge in [0.2, 0.25) is 5.88 Å². The second-order valence-corrected chi connectivity index (χ2v) is 8.66. The van der Waals surface area contributed by atoms with Crippen molar-refractivity contribution in [3.8, 4) is 23.0 Å². The Balaban J connectivity index is 1.64. The van der Waals surface area contributed by atoms with Crippen molar-refractivity contribution in [2.45, 2.75) is 11.8 Å². The van der Waals surface area contributed by atoms with E-state index in [1.807, 2.05) is 6.92 Å². The van der Waals surface area contributed by atoms with E-state index in [0.717, 1.165) is 0 Å². The Kier molecular flexibility index (Phi) is 5.76. The monoisotopic (exact) mass is 474 g/mol. The number of sulfonamides is 1. The maximum Gasteiger partial charge on any atom is 0.263 e. The molecule has 0 saturated carbocycles. The van der Waals surface area contributed by atoms with Gasteiger partial charge in [-0.15, -0.1) is 0 Å². The van der Waals surface area contributed by atoms with E-state index in [0.29, 0.717) is 52.2 Å². The number of H-pyrrole nitrogens is 1. The Bertz CT molecular complexity index is 1390. The minimum Gasteiger partial charge on any atom is -0.497 e. The fraction of sp³-hybridized carbons (Fsp3) is 0.150. The molecule has 4 aromatic rings. The summed E-state index contributed by atoms with van der Waals surface area (Å²) in [7, 11) is -2.49. The summed E-state index contributed by atoms with van der Waals surface area (Å²) < 4.78 is 38.8. The molecule has 0 fully saturated rings. The zero-order chi connectivity index (χ0) is 22.9. The first-order chi connectivity index (χ1) is 15.3. The molecule has 0 aliphatic carbocycles. The highest BCUT2D eigenvalue weighted by atomic mass is 35.5. The number of aromatic amines is 1. The first-order valence-corrected chi connectivity index (χ1v) is 11.3. The number of ether oxygens (including phenoxy) is 2. The third kappa shape index (κ3) is 4.12.